The van der Waals surface area contributed by atoms with Crippen LogP contribution in [0.5, 0.6) is 0 Å². The van der Waals surface area contributed by atoms with E-state index in [1.54, 1.807) is 11.8 Å². The molecule has 0 heterocycles. The Kier molecular flexibility index (Phi) is 6.38. The van der Waals surface area contributed by atoms with E-state index in [0.717, 1.165) is 39.0 Å². The van der Waals surface area contributed by atoms with Crippen LogP contribution in [0.1, 0.15) is 35.6 Å². The predicted molar refractivity (Wildman–Crippen MR) is 128 cm³/mol. The molecule has 0 saturated heterocycles. The lowest BCUT2D eigenvalue weighted by molar-refractivity contribution is -0.120. The molecule has 0 fully saturated rings. The lowest BCUT2D eigenvalue weighted by Crippen LogP contribution is -2.22. The molecule has 0 aromatic heterocycles. The van der Waals surface area contributed by atoms with Gasteiger partial charge in [0.2, 0.25) is 5.91 Å². The van der Waals surface area contributed by atoms with Crippen LogP contribution >= 0.6 is 11.8 Å². The number of rotatable bonds is 6. The number of hydrogen-bond acceptors (Lipinski definition) is 2. The summed E-state index contributed by atoms with van der Waals surface area (Å²) in [5.41, 5.74) is 6.85. The second-order valence-corrected chi connectivity index (χ2v) is 8.44. The molecule has 1 amide bonds. The summed E-state index contributed by atoms with van der Waals surface area (Å²) in [6, 6.07) is 23.0. The van der Waals surface area contributed by atoms with E-state index in [4.69, 9.17) is 0 Å². The van der Waals surface area contributed by atoms with Crippen molar-refractivity contribution in [2.45, 2.75) is 24.8 Å². The van der Waals surface area contributed by atoms with E-state index in [2.05, 4.69) is 41.9 Å². The maximum absolute atomic E-state index is 14.1. The molecule has 1 N–H and O–H groups in total. The summed E-state index contributed by atoms with van der Waals surface area (Å²) in [7, 11) is 0. The third-order valence-electron chi connectivity index (χ3n) is 5.55. The van der Waals surface area contributed by atoms with Crippen LogP contribution in [0.2, 0.25) is 0 Å². The van der Waals surface area contributed by atoms with Gasteiger partial charge in [0.05, 0.1) is 6.42 Å². The number of allylic oxidation sites excluding steroid dienone is 2. The first-order valence-corrected chi connectivity index (χ1v) is 11.4. The zero-order valence-corrected chi connectivity index (χ0v) is 18.4. The topological polar surface area (TPSA) is 29.1 Å². The predicted octanol–water partition coefficient (Wildman–Crippen LogP) is 6.58. The van der Waals surface area contributed by atoms with Crippen LogP contribution in [0.15, 0.2) is 83.3 Å². The Labute approximate surface area is 186 Å². The molecule has 156 valence electrons. The van der Waals surface area contributed by atoms with Gasteiger partial charge >= 0.3 is 0 Å². The van der Waals surface area contributed by atoms with Crippen LogP contribution in [0.25, 0.3) is 17.2 Å². The molecular formula is C27H24FNOS. The molecule has 0 atom stereocenters. The van der Waals surface area contributed by atoms with Gasteiger partial charge in [-0.1, -0.05) is 48.5 Å². The molecule has 0 unspecified atom stereocenters. The Bertz CT molecular complexity index is 1160. The van der Waals surface area contributed by atoms with Gasteiger partial charge in [-0.3, -0.25) is 4.79 Å². The number of carbonyl (C=O) groups is 1. The number of thioether (sulfide) groups is 1. The van der Waals surface area contributed by atoms with E-state index in [1.807, 2.05) is 43.3 Å². The summed E-state index contributed by atoms with van der Waals surface area (Å²) in [6.45, 7) is 2.49. The van der Waals surface area contributed by atoms with Gasteiger partial charge in [-0.05, 0) is 82.5 Å². The van der Waals surface area contributed by atoms with Gasteiger partial charge in [0.25, 0.3) is 0 Å². The van der Waals surface area contributed by atoms with Gasteiger partial charge in [0.1, 0.15) is 5.82 Å². The molecule has 0 spiro atoms. The van der Waals surface area contributed by atoms with Crippen LogP contribution < -0.4 is 5.32 Å². The Morgan fingerprint density at radius 2 is 1.74 bits per heavy atom. The second kappa shape index (κ2) is 9.36. The van der Waals surface area contributed by atoms with Crippen molar-refractivity contribution in [2.24, 2.45) is 0 Å². The number of amides is 1. The summed E-state index contributed by atoms with van der Waals surface area (Å²) < 4.78 is 14.1. The Balaban J connectivity index is 1.61. The molecule has 31 heavy (non-hydrogen) atoms. The van der Waals surface area contributed by atoms with E-state index in [-0.39, 0.29) is 18.1 Å². The molecule has 0 saturated carbocycles. The third-order valence-corrected chi connectivity index (χ3v) is 6.29. The average Bonchev–Trinajstić information content (AvgIpc) is 3.04. The van der Waals surface area contributed by atoms with Gasteiger partial charge in [0, 0.05) is 11.4 Å². The molecule has 3 aromatic carbocycles. The molecule has 1 aliphatic carbocycles. The van der Waals surface area contributed by atoms with Gasteiger partial charge in [-0.25, -0.2) is 4.39 Å². The van der Waals surface area contributed by atoms with E-state index in [1.165, 1.54) is 17.0 Å². The fraction of sp³-hybridized carbons (Fsp3) is 0.148. The maximum atomic E-state index is 14.1. The van der Waals surface area contributed by atoms with Crippen molar-refractivity contribution in [1.29, 1.82) is 0 Å². The van der Waals surface area contributed by atoms with Gasteiger partial charge in [-0.15, -0.1) is 11.8 Å². The van der Waals surface area contributed by atoms with E-state index in [9.17, 15) is 9.18 Å². The highest BCUT2D eigenvalue weighted by molar-refractivity contribution is 7.98. The summed E-state index contributed by atoms with van der Waals surface area (Å²) in [6.07, 6.45) is 4.39. The molecule has 0 bridgehead atoms. The van der Waals surface area contributed by atoms with Crippen molar-refractivity contribution in [2.75, 3.05) is 6.26 Å². The van der Waals surface area contributed by atoms with Crippen LogP contribution in [0.4, 0.5) is 4.39 Å². The molecule has 4 heteroatoms. The second-order valence-electron chi connectivity index (χ2n) is 7.56. The highest BCUT2D eigenvalue weighted by Crippen LogP contribution is 2.43. The van der Waals surface area contributed by atoms with Crippen LogP contribution in [-0.2, 0) is 11.3 Å². The van der Waals surface area contributed by atoms with E-state index >= 15 is 0 Å². The number of hydrogen-bond donors (Lipinski definition) is 1. The largest absolute Gasteiger partial charge is 0.352 e. The molecule has 0 radical (unpaired) electrons. The zero-order valence-electron chi connectivity index (χ0n) is 17.6. The van der Waals surface area contributed by atoms with Gasteiger partial charge < -0.3 is 5.32 Å². The van der Waals surface area contributed by atoms with Crippen LogP contribution in [0, 0.1) is 5.82 Å². The minimum absolute atomic E-state index is 0.0704. The van der Waals surface area contributed by atoms with Gasteiger partial charge in [-0.2, -0.15) is 0 Å². The highest BCUT2D eigenvalue weighted by Gasteiger charge is 2.25. The molecule has 3 aromatic rings. The summed E-state index contributed by atoms with van der Waals surface area (Å²) in [5.74, 6) is -0.363. The Morgan fingerprint density at radius 3 is 2.45 bits per heavy atom. The first-order valence-electron chi connectivity index (χ1n) is 10.2. The highest BCUT2D eigenvalue weighted by atomic mass is 32.2. The number of fused-ring (bicyclic) bond motifs is 1. The Morgan fingerprint density at radius 1 is 1.00 bits per heavy atom. The van der Waals surface area contributed by atoms with Crippen molar-refractivity contribution in [1.82, 2.24) is 5.32 Å². The minimum atomic E-state index is -0.292. The fourth-order valence-electron chi connectivity index (χ4n) is 3.87. The standard InChI is InChI=1S/C27H24FNOS/c1-18-24(14-19-8-11-22(31-2)12-9-19)23-13-10-21(28)15-26(23)25(18)16-27(30)29-17-20-6-4-3-5-7-20/h3-15H,16-17H2,1-2H3,(H,29,30)/b24-14-. The lowest BCUT2D eigenvalue weighted by Gasteiger charge is -2.08. The molecule has 2 nitrogen and oxygen atoms in total. The van der Waals surface area contributed by atoms with Crippen molar-refractivity contribution >= 4 is 34.9 Å². The number of carbonyl (C=O) groups excluding carboxylic acids is 1. The van der Waals surface area contributed by atoms with E-state index in [0.29, 0.717) is 6.54 Å². The van der Waals surface area contributed by atoms with Crippen molar-refractivity contribution < 1.29 is 9.18 Å². The maximum Gasteiger partial charge on any atom is 0.224 e. The Hall–Kier alpha value is -3.11. The van der Waals surface area contributed by atoms with Crippen LogP contribution in [-0.4, -0.2) is 12.2 Å². The quantitative estimate of drug-likeness (QED) is 0.448. The summed E-state index contributed by atoms with van der Waals surface area (Å²) in [5, 5.41) is 2.98. The normalized spacial score (nSPS) is 14.1. The summed E-state index contributed by atoms with van der Waals surface area (Å²) >= 11 is 1.70. The SMILES string of the molecule is CSc1ccc(/C=C2/C(C)=C(CC(=O)NCc3ccccc3)c3cc(F)ccc32)cc1. The van der Waals surface area contributed by atoms with Crippen molar-refractivity contribution in [3.8, 4) is 0 Å². The zero-order chi connectivity index (χ0) is 21.8. The smallest absolute Gasteiger partial charge is 0.224 e. The molecule has 4 rings (SSSR count). The fourth-order valence-corrected chi connectivity index (χ4v) is 4.28. The van der Waals surface area contributed by atoms with E-state index < -0.39 is 0 Å². The number of nitrogens with one attached hydrogen (secondary N) is 1. The van der Waals surface area contributed by atoms with Crippen LogP contribution in [0.3, 0.4) is 0 Å². The minimum Gasteiger partial charge on any atom is -0.352 e. The summed E-state index contributed by atoms with van der Waals surface area (Å²) in [4.78, 5) is 13.9. The molecule has 0 aliphatic heterocycles. The molecule has 1 aliphatic rings. The van der Waals surface area contributed by atoms with Crippen molar-refractivity contribution in [3.63, 3.8) is 0 Å². The first kappa shape index (κ1) is 21.1. The average molecular weight is 430 g/mol. The van der Waals surface area contributed by atoms with Crippen molar-refractivity contribution in [3.05, 3.63) is 106 Å². The monoisotopic (exact) mass is 429 g/mol. The third kappa shape index (κ3) is 4.80. The lowest BCUT2D eigenvalue weighted by atomic mass is 10.0. The van der Waals surface area contributed by atoms with Gasteiger partial charge in [0.15, 0.2) is 0 Å². The first-order chi connectivity index (χ1) is 15.0. The number of benzene rings is 3. The molecular weight excluding hydrogens is 405 g/mol. The number of halogens is 1.